The summed E-state index contributed by atoms with van der Waals surface area (Å²) in [7, 11) is 0. The van der Waals surface area contributed by atoms with Crippen LogP contribution in [0, 0.1) is 6.92 Å². The van der Waals surface area contributed by atoms with E-state index in [0.717, 1.165) is 13.1 Å². The molecule has 13 heavy (non-hydrogen) atoms. The monoisotopic (exact) mass is 197 g/mol. The third-order valence-corrected chi connectivity index (χ3v) is 3.37. The Balaban J connectivity index is 1.92. The molecule has 2 N–H and O–H groups in total. The molecular weight excluding hydrogens is 182 g/mol. The van der Waals surface area contributed by atoms with Crippen molar-refractivity contribution in [3.63, 3.8) is 0 Å². The lowest BCUT2D eigenvalue weighted by Crippen LogP contribution is -2.55. The molecule has 2 rings (SSSR count). The Morgan fingerprint density at radius 2 is 2.46 bits per heavy atom. The first-order chi connectivity index (χ1) is 6.25. The van der Waals surface area contributed by atoms with Gasteiger partial charge in [0.2, 0.25) is 0 Å². The highest BCUT2D eigenvalue weighted by molar-refractivity contribution is 7.11. The number of rotatable bonds is 3. The van der Waals surface area contributed by atoms with E-state index in [-0.39, 0.29) is 0 Å². The van der Waals surface area contributed by atoms with Crippen LogP contribution in [0.4, 0.5) is 0 Å². The van der Waals surface area contributed by atoms with Crippen LogP contribution in [0.2, 0.25) is 0 Å². The number of hydrogen-bond acceptors (Lipinski definition) is 4. The first-order valence-corrected chi connectivity index (χ1v) is 5.46. The molecule has 4 heteroatoms. The molecule has 1 aliphatic heterocycles. The summed E-state index contributed by atoms with van der Waals surface area (Å²) in [5.74, 6) is 0. The predicted octanol–water partition coefficient (Wildman–Crippen LogP) is 1.07. The van der Waals surface area contributed by atoms with Gasteiger partial charge >= 0.3 is 0 Å². The van der Waals surface area contributed by atoms with Crippen molar-refractivity contribution in [3.05, 3.63) is 16.1 Å². The van der Waals surface area contributed by atoms with Crippen LogP contribution < -0.4 is 10.6 Å². The van der Waals surface area contributed by atoms with Crippen molar-refractivity contribution in [2.24, 2.45) is 0 Å². The zero-order chi connectivity index (χ0) is 9.26. The lowest BCUT2D eigenvalue weighted by atomic mass is 10.1. The Labute approximate surface area is 82.6 Å². The van der Waals surface area contributed by atoms with Crippen LogP contribution in [0.1, 0.15) is 22.9 Å². The molecule has 1 aromatic rings. The lowest BCUT2D eigenvalue weighted by molar-refractivity contribution is 0.338. The van der Waals surface area contributed by atoms with Gasteiger partial charge in [0.15, 0.2) is 0 Å². The molecule has 72 valence electrons. The quantitative estimate of drug-likeness (QED) is 0.761. The van der Waals surface area contributed by atoms with E-state index in [1.165, 1.54) is 9.88 Å². The van der Waals surface area contributed by atoms with E-state index in [4.69, 9.17) is 0 Å². The summed E-state index contributed by atoms with van der Waals surface area (Å²) in [4.78, 5) is 5.65. The van der Waals surface area contributed by atoms with E-state index in [1.54, 1.807) is 11.3 Å². The van der Waals surface area contributed by atoms with Crippen LogP contribution in [0.15, 0.2) is 6.20 Å². The molecule has 3 nitrogen and oxygen atoms in total. The van der Waals surface area contributed by atoms with E-state index < -0.39 is 0 Å². The summed E-state index contributed by atoms with van der Waals surface area (Å²) in [6, 6.07) is 1.03. The summed E-state index contributed by atoms with van der Waals surface area (Å²) in [5, 5.41) is 7.97. The molecule has 0 spiro atoms. The third-order valence-electron chi connectivity index (χ3n) is 2.28. The molecule has 2 heterocycles. The lowest BCUT2D eigenvalue weighted by Gasteiger charge is -2.30. The molecule has 1 aliphatic rings. The normalized spacial score (nSPS) is 19.8. The van der Waals surface area contributed by atoms with Gasteiger partial charge in [0.05, 0.1) is 6.04 Å². The van der Waals surface area contributed by atoms with Crippen molar-refractivity contribution in [2.75, 3.05) is 13.1 Å². The fourth-order valence-corrected chi connectivity index (χ4v) is 2.19. The van der Waals surface area contributed by atoms with Crippen LogP contribution in [0.5, 0.6) is 0 Å². The minimum atomic E-state index is 0.394. The Bertz CT molecular complexity index is 280. The van der Waals surface area contributed by atoms with Crippen molar-refractivity contribution >= 4 is 11.3 Å². The number of nitrogens with zero attached hydrogens (tertiary/aromatic N) is 1. The van der Waals surface area contributed by atoms with E-state index in [9.17, 15) is 0 Å². The van der Waals surface area contributed by atoms with Gasteiger partial charge in [0.1, 0.15) is 5.01 Å². The molecule has 1 aromatic heterocycles. The van der Waals surface area contributed by atoms with Crippen LogP contribution in [-0.4, -0.2) is 24.1 Å². The highest BCUT2D eigenvalue weighted by Gasteiger charge is 2.20. The van der Waals surface area contributed by atoms with Crippen LogP contribution in [0.25, 0.3) is 0 Å². The second kappa shape index (κ2) is 3.74. The molecule has 1 atom stereocenters. The standard InChI is InChI=1S/C9H15N3S/c1-6-3-11-9(13-6)7(2)12-8-4-10-5-8/h3,7-8,10,12H,4-5H2,1-2H3. The predicted molar refractivity (Wildman–Crippen MR) is 55.1 cm³/mol. The minimum absolute atomic E-state index is 0.394. The zero-order valence-corrected chi connectivity index (χ0v) is 8.82. The molecule has 1 saturated heterocycles. The fraction of sp³-hybridized carbons (Fsp3) is 0.667. The SMILES string of the molecule is Cc1cnc(C(C)NC2CNC2)s1. The molecule has 0 bridgehead atoms. The topological polar surface area (TPSA) is 37.0 Å². The summed E-state index contributed by atoms with van der Waals surface area (Å²) in [6.45, 7) is 6.46. The van der Waals surface area contributed by atoms with E-state index in [2.05, 4.69) is 29.5 Å². The van der Waals surface area contributed by atoms with Crippen molar-refractivity contribution < 1.29 is 0 Å². The van der Waals surface area contributed by atoms with Gasteiger partial charge in [0.25, 0.3) is 0 Å². The van der Waals surface area contributed by atoms with Gasteiger partial charge in [-0.05, 0) is 13.8 Å². The summed E-state index contributed by atoms with van der Waals surface area (Å²) < 4.78 is 0. The number of thiazole rings is 1. The van der Waals surface area contributed by atoms with Gasteiger partial charge in [-0.3, -0.25) is 0 Å². The number of aryl methyl sites for hydroxylation is 1. The van der Waals surface area contributed by atoms with Crippen LogP contribution >= 0.6 is 11.3 Å². The van der Waals surface area contributed by atoms with Crippen LogP contribution in [0.3, 0.4) is 0 Å². The zero-order valence-electron chi connectivity index (χ0n) is 8.00. The summed E-state index contributed by atoms with van der Waals surface area (Å²) in [5.41, 5.74) is 0. The van der Waals surface area contributed by atoms with Crippen molar-refractivity contribution in [1.29, 1.82) is 0 Å². The van der Waals surface area contributed by atoms with Gasteiger partial charge < -0.3 is 10.6 Å². The van der Waals surface area contributed by atoms with Crippen LogP contribution in [-0.2, 0) is 0 Å². The number of hydrogen-bond donors (Lipinski definition) is 2. The first kappa shape index (κ1) is 9.12. The Hall–Kier alpha value is -0.450. The maximum Gasteiger partial charge on any atom is 0.109 e. The van der Waals surface area contributed by atoms with E-state index in [0.29, 0.717) is 12.1 Å². The maximum absolute atomic E-state index is 4.36. The molecule has 1 fully saturated rings. The number of nitrogens with one attached hydrogen (secondary N) is 2. The van der Waals surface area contributed by atoms with Crippen molar-refractivity contribution in [3.8, 4) is 0 Å². The summed E-state index contributed by atoms with van der Waals surface area (Å²) in [6.07, 6.45) is 1.94. The average Bonchev–Trinajstić information content (AvgIpc) is 2.44. The maximum atomic E-state index is 4.36. The molecule has 0 radical (unpaired) electrons. The molecule has 1 unspecified atom stereocenters. The molecule has 0 aromatic carbocycles. The molecular formula is C9H15N3S. The van der Waals surface area contributed by atoms with Gasteiger partial charge in [-0.1, -0.05) is 0 Å². The van der Waals surface area contributed by atoms with E-state index in [1.807, 2.05) is 6.20 Å². The largest absolute Gasteiger partial charge is 0.314 e. The van der Waals surface area contributed by atoms with E-state index >= 15 is 0 Å². The fourth-order valence-electron chi connectivity index (χ4n) is 1.40. The highest BCUT2D eigenvalue weighted by Crippen LogP contribution is 2.19. The van der Waals surface area contributed by atoms with Crippen molar-refractivity contribution in [2.45, 2.75) is 25.9 Å². The highest BCUT2D eigenvalue weighted by atomic mass is 32.1. The Kier molecular flexibility index (Phi) is 2.62. The van der Waals surface area contributed by atoms with Gasteiger partial charge in [-0.25, -0.2) is 4.98 Å². The molecule has 0 amide bonds. The Morgan fingerprint density at radius 3 is 2.92 bits per heavy atom. The van der Waals surface area contributed by atoms with Gasteiger partial charge in [-0.15, -0.1) is 11.3 Å². The number of aromatic nitrogens is 1. The average molecular weight is 197 g/mol. The van der Waals surface area contributed by atoms with Gasteiger partial charge in [0, 0.05) is 30.2 Å². The Morgan fingerprint density at radius 1 is 1.69 bits per heavy atom. The molecule has 0 saturated carbocycles. The smallest absolute Gasteiger partial charge is 0.109 e. The van der Waals surface area contributed by atoms with Crippen molar-refractivity contribution in [1.82, 2.24) is 15.6 Å². The minimum Gasteiger partial charge on any atom is -0.314 e. The third kappa shape index (κ3) is 2.07. The second-order valence-corrected chi connectivity index (χ2v) is 4.82. The first-order valence-electron chi connectivity index (χ1n) is 4.65. The molecule has 0 aliphatic carbocycles. The summed E-state index contributed by atoms with van der Waals surface area (Å²) >= 11 is 1.78. The second-order valence-electron chi connectivity index (χ2n) is 3.55. The van der Waals surface area contributed by atoms with Gasteiger partial charge in [-0.2, -0.15) is 0 Å².